The third kappa shape index (κ3) is 2.97. The molecule has 92 valence electrons. The molecule has 1 aliphatic carbocycles. The molecule has 0 spiro atoms. The lowest BCUT2D eigenvalue weighted by Crippen LogP contribution is -2.33. The zero-order valence-electron chi connectivity index (χ0n) is 10.4. The molecule has 16 heavy (non-hydrogen) atoms. The number of hydrogen-bond donors (Lipinski definition) is 1. The lowest BCUT2D eigenvalue weighted by atomic mass is 9.84. The molecule has 0 aromatic heterocycles. The van der Waals surface area contributed by atoms with E-state index in [1.807, 2.05) is 7.05 Å². The van der Waals surface area contributed by atoms with E-state index in [1.54, 1.807) is 0 Å². The molecular weight excluding hydrogens is 200 g/mol. The smallest absolute Gasteiger partial charge is 0.222 e. The van der Waals surface area contributed by atoms with Crippen molar-refractivity contribution in [2.24, 2.45) is 5.92 Å². The van der Waals surface area contributed by atoms with Crippen LogP contribution in [0.4, 0.5) is 0 Å². The highest BCUT2D eigenvalue weighted by atomic mass is 16.2. The van der Waals surface area contributed by atoms with Crippen molar-refractivity contribution >= 4 is 5.91 Å². The molecule has 0 unspecified atom stereocenters. The number of nitrogens with zero attached hydrogens (tertiary/aromatic N) is 1. The molecule has 0 bridgehead atoms. The zero-order chi connectivity index (χ0) is 11.4. The lowest BCUT2D eigenvalue weighted by Gasteiger charge is -2.29. The Morgan fingerprint density at radius 3 is 2.38 bits per heavy atom. The number of nitrogens with one attached hydrogen (secondary N) is 1. The van der Waals surface area contributed by atoms with Crippen LogP contribution in [0, 0.1) is 5.92 Å². The summed E-state index contributed by atoms with van der Waals surface area (Å²) in [6.07, 6.45) is 8.16. The number of carbonyl (C=O) groups is 1. The topological polar surface area (TPSA) is 32.3 Å². The number of hydrogen-bond acceptors (Lipinski definition) is 2. The highest BCUT2D eigenvalue weighted by molar-refractivity contribution is 5.76. The predicted molar refractivity (Wildman–Crippen MR) is 65.2 cm³/mol. The summed E-state index contributed by atoms with van der Waals surface area (Å²) in [6, 6.07) is 0.693. The third-order valence-corrected chi connectivity index (χ3v) is 4.18. The second-order valence-electron chi connectivity index (χ2n) is 5.30. The molecule has 0 atom stereocenters. The highest BCUT2D eigenvalue weighted by Gasteiger charge is 2.25. The van der Waals surface area contributed by atoms with E-state index in [4.69, 9.17) is 0 Å². The molecule has 3 nitrogen and oxygen atoms in total. The average molecular weight is 224 g/mol. The van der Waals surface area contributed by atoms with Crippen molar-refractivity contribution in [1.82, 2.24) is 10.2 Å². The Morgan fingerprint density at radius 1 is 1.19 bits per heavy atom. The summed E-state index contributed by atoms with van der Waals surface area (Å²) in [5, 5.41) is 3.34. The maximum absolute atomic E-state index is 12.0. The molecule has 2 rings (SSSR count). The minimum atomic E-state index is 0.408. The van der Waals surface area contributed by atoms with Crippen LogP contribution in [0.2, 0.25) is 0 Å². The lowest BCUT2D eigenvalue weighted by molar-refractivity contribution is -0.131. The summed E-state index contributed by atoms with van der Waals surface area (Å²) in [5.74, 6) is 1.06. The molecule has 1 N–H and O–H groups in total. The Morgan fingerprint density at radius 2 is 1.81 bits per heavy atom. The molecule has 1 heterocycles. The van der Waals surface area contributed by atoms with Crippen molar-refractivity contribution in [2.75, 3.05) is 20.1 Å². The summed E-state index contributed by atoms with van der Waals surface area (Å²) in [7, 11) is 2.04. The monoisotopic (exact) mass is 224 g/mol. The van der Waals surface area contributed by atoms with E-state index in [0.717, 1.165) is 19.5 Å². The molecule has 3 heteroatoms. The van der Waals surface area contributed by atoms with Crippen molar-refractivity contribution in [2.45, 2.75) is 51.0 Å². The Bertz CT molecular complexity index is 228. The number of carbonyl (C=O) groups excluding carboxylic acids is 1. The Labute approximate surface area is 98.6 Å². The molecule has 0 aromatic rings. The minimum absolute atomic E-state index is 0.408. The standard InChI is InChI=1S/C13H24N2O/c1-14-12-6-4-11(5-7-12)10-13(16)15-8-2-3-9-15/h11-12,14H,2-10H2,1H3. The van der Waals surface area contributed by atoms with Crippen LogP contribution < -0.4 is 5.32 Å². The maximum atomic E-state index is 12.0. The molecule has 2 fully saturated rings. The molecule has 1 saturated heterocycles. The van der Waals surface area contributed by atoms with Gasteiger partial charge in [-0.1, -0.05) is 0 Å². The van der Waals surface area contributed by atoms with Crippen molar-refractivity contribution in [3.8, 4) is 0 Å². The van der Waals surface area contributed by atoms with Gasteiger partial charge in [-0.3, -0.25) is 4.79 Å². The molecule has 2 aliphatic rings. The molecule has 0 aromatic carbocycles. The molecule has 0 radical (unpaired) electrons. The van der Waals surface area contributed by atoms with Gasteiger partial charge in [0.1, 0.15) is 0 Å². The van der Waals surface area contributed by atoms with Gasteiger partial charge in [0.2, 0.25) is 5.91 Å². The third-order valence-electron chi connectivity index (χ3n) is 4.18. The van der Waals surface area contributed by atoms with Crippen molar-refractivity contribution in [3.63, 3.8) is 0 Å². The minimum Gasteiger partial charge on any atom is -0.343 e. The fourth-order valence-corrected chi connectivity index (χ4v) is 3.00. The number of rotatable bonds is 3. The summed E-state index contributed by atoms with van der Waals surface area (Å²) in [6.45, 7) is 2.01. The van der Waals surface area contributed by atoms with Crippen molar-refractivity contribution < 1.29 is 4.79 Å². The van der Waals surface area contributed by atoms with Gasteiger partial charge in [0.05, 0.1) is 0 Å². The molecule has 1 saturated carbocycles. The first-order valence-corrected chi connectivity index (χ1v) is 6.74. The Balaban J connectivity index is 1.71. The van der Waals surface area contributed by atoms with E-state index in [0.29, 0.717) is 17.9 Å². The quantitative estimate of drug-likeness (QED) is 0.792. The summed E-state index contributed by atoms with van der Waals surface area (Å²) in [5.41, 5.74) is 0. The second kappa shape index (κ2) is 5.67. The van der Waals surface area contributed by atoms with Crippen LogP contribution in [0.5, 0.6) is 0 Å². The van der Waals surface area contributed by atoms with Gasteiger partial charge in [-0.05, 0) is 51.5 Å². The SMILES string of the molecule is CNC1CCC(CC(=O)N2CCCC2)CC1. The second-order valence-corrected chi connectivity index (χ2v) is 5.30. The van der Waals surface area contributed by atoms with Crippen molar-refractivity contribution in [1.29, 1.82) is 0 Å². The molecule has 1 amide bonds. The summed E-state index contributed by atoms with van der Waals surface area (Å²) < 4.78 is 0. The van der Waals surface area contributed by atoms with Gasteiger partial charge >= 0.3 is 0 Å². The average Bonchev–Trinajstić information content (AvgIpc) is 2.83. The fourth-order valence-electron chi connectivity index (χ4n) is 3.00. The van der Waals surface area contributed by atoms with E-state index >= 15 is 0 Å². The van der Waals surface area contributed by atoms with Crippen molar-refractivity contribution in [3.05, 3.63) is 0 Å². The van der Waals surface area contributed by atoms with Crippen LogP contribution in [0.3, 0.4) is 0 Å². The summed E-state index contributed by atoms with van der Waals surface area (Å²) >= 11 is 0. The van der Waals surface area contributed by atoms with Crippen LogP contribution in [-0.4, -0.2) is 37.0 Å². The van der Waals surface area contributed by atoms with E-state index in [1.165, 1.54) is 38.5 Å². The van der Waals surface area contributed by atoms with E-state index in [2.05, 4.69) is 10.2 Å². The van der Waals surface area contributed by atoms with Gasteiger partial charge in [-0.25, -0.2) is 0 Å². The van der Waals surface area contributed by atoms with Gasteiger partial charge in [-0.15, -0.1) is 0 Å². The first-order valence-electron chi connectivity index (χ1n) is 6.74. The first-order chi connectivity index (χ1) is 7.79. The fraction of sp³-hybridized carbons (Fsp3) is 0.923. The van der Waals surface area contributed by atoms with Gasteiger partial charge in [0, 0.05) is 25.6 Å². The van der Waals surface area contributed by atoms with Gasteiger partial charge in [0.15, 0.2) is 0 Å². The number of amides is 1. The van der Waals surface area contributed by atoms with Crippen LogP contribution in [-0.2, 0) is 4.79 Å². The normalized spacial score (nSPS) is 30.7. The highest BCUT2D eigenvalue weighted by Crippen LogP contribution is 2.27. The maximum Gasteiger partial charge on any atom is 0.222 e. The summed E-state index contributed by atoms with van der Waals surface area (Å²) in [4.78, 5) is 14.0. The van der Waals surface area contributed by atoms with E-state index in [9.17, 15) is 4.79 Å². The first kappa shape index (κ1) is 11.9. The molecule has 1 aliphatic heterocycles. The largest absolute Gasteiger partial charge is 0.343 e. The van der Waals surface area contributed by atoms with Gasteiger partial charge in [-0.2, -0.15) is 0 Å². The van der Waals surface area contributed by atoms with Crippen LogP contribution in [0.1, 0.15) is 44.9 Å². The van der Waals surface area contributed by atoms with Crippen LogP contribution >= 0.6 is 0 Å². The predicted octanol–water partition coefficient (Wildman–Crippen LogP) is 1.78. The molecular formula is C13H24N2O. The number of likely N-dealkylation sites (tertiary alicyclic amines) is 1. The Hall–Kier alpha value is -0.570. The van der Waals surface area contributed by atoms with E-state index < -0.39 is 0 Å². The van der Waals surface area contributed by atoms with Gasteiger partial charge < -0.3 is 10.2 Å². The Kier molecular flexibility index (Phi) is 4.22. The van der Waals surface area contributed by atoms with Crippen LogP contribution in [0.25, 0.3) is 0 Å². The van der Waals surface area contributed by atoms with Gasteiger partial charge in [0.25, 0.3) is 0 Å². The van der Waals surface area contributed by atoms with E-state index in [-0.39, 0.29) is 0 Å². The van der Waals surface area contributed by atoms with Crippen LogP contribution in [0.15, 0.2) is 0 Å². The zero-order valence-corrected chi connectivity index (χ0v) is 10.4.